The molecule has 1 unspecified atom stereocenters. The van der Waals surface area contributed by atoms with E-state index in [2.05, 4.69) is 25.7 Å². The van der Waals surface area contributed by atoms with Crippen LogP contribution in [0.4, 0.5) is 0 Å². The highest BCUT2D eigenvalue weighted by molar-refractivity contribution is 5.97. The summed E-state index contributed by atoms with van der Waals surface area (Å²) in [5, 5.41) is 18.4. The second kappa shape index (κ2) is 4.65. The Morgan fingerprint density at radius 1 is 1.29 bits per heavy atom. The van der Waals surface area contributed by atoms with Crippen LogP contribution in [0.5, 0.6) is 0 Å². The molecule has 8 nitrogen and oxygen atoms in total. The molecule has 1 aromatic carbocycles. The van der Waals surface area contributed by atoms with Crippen molar-refractivity contribution in [1.29, 1.82) is 0 Å². The summed E-state index contributed by atoms with van der Waals surface area (Å²) in [5.74, 6) is 0.0162. The number of amides is 1. The zero-order valence-electron chi connectivity index (χ0n) is 11.2. The van der Waals surface area contributed by atoms with Crippen molar-refractivity contribution in [3.05, 3.63) is 36.2 Å². The molecule has 0 spiro atoms. The molecule has 1 atom stereocenters. The number of aromatic amines is 1. The van der Waals surface area contributed by atoms with Gasteiger partial charge in [0.05, 0.1) is 12.2 Å². The zero-order valence-corrected chi connectivity index (χ0v) is 11.2. The Morgan fingerprint density at radius 3 is 3.05 bits per heavy atom. The van der Waals surface area contributed by atoms with Crippen LogP contribution in [0.15, 0.2) is 30.6 Å². The molecule has 1 fully saturated rings. The highest BCUT2D eigenvalue weighted by atomic mass is 16.2. The molecule has 1 saturated heterocycles. The highest BCUT2D eigenvalue weighted by Gasteiger charge is 2.28. The lowest BCUT2D eigenvalue weighted by Crippen LogP contribution is -2.29. The minimum absolute atomic E-state index is 0.0162. The van der Waals surface area contributed by atoms with E-state index in [1.807, 2.05) is 15.8 Å². The van der Waals surface area contributed by atoms with E-state index in [0.29, 0.717) is 17.6 Å². The molecule has 3 heterocycles. The van der Waals surface area contributed by atoms with Gasteiger partial charge in [-0.3, -0.25) is 4.79 Å². The quantitative estimate of drug-likeness (QED) is 0.745. The lowest BCUT2D eigenvalue weighted by Gasteiger charge is -2.16. The fourth-order valence-corrected chi connectivity index (χ4v) is 2.71. The smallest absolute Gasteiger partial charge is 0.254 e. The van der Waals surface area contributed by atoms with Crippen molar-refractivity contribution in [2.45, 2.75) is 12.5 Å². The average Bonchev–Trinajstić information content (AvgIpc) is 3.24. The van der Waals surface area contributed by atoms with Gasteiger partial charge in [-0.2, -0.15) is 15.4 Å². The maximum atomic E-state index is 12.5. The molecule has 4 rings (SSSR count). The first-order chi connectivity index (χ1) is 10.3. The minimum Gasteiger partial charge on any atom is -0.336 e. The second-order valence-corrected chi connectivity index (χ2v) is 5.10. The Kier molecular flexibility index (Phi) is 2.66. The van der Waals surface area contributed by atoms with Gasteiger partial charge in [0.2, 0.25) is 0 Å². The van der Waals surface area contributed by atoms with Gasteiger partial charge < -0.3 is 4.90 Å². The molecular formula is C13H13N7O. The van der Waals surface area contributed by atoms with E-state index in [-0.39, 0.29) is 11.9 Å². The SMILES string of the molecule is O=C(c1ccc2n[nH]nc2c1)N1CCC(n2ccnn2)C1. The molecule has 0 radical (unpaired) electrons. The number of benzene rings is 1. The van der Waals surface area contributed by atoms with Crippen molar-refractivity contribution in [3.63, 3.8) is 0 Å². The number of likely N-dealkylation sites (tertiary alicyclic amines) is 1. The van der Waals surface area contributed by atoms with Crippen molar-refractivity contribution in [1.82, 2.24) is 35.3 Å². The molecule has 1 aliphatic rings. The number of carbonyl (C=O) groups excluding carboxylic acids is 1. The topological polar surface area (TPSA) is 92.6 Å². The Labute approximate surface area is 119 Å². The highest BCUT2D eigenvalue weighted by Crippen LogP contribution is 2.22. The average molecular weight is 283 g/mol. The van der Waals surface area contributed by atoms with Crippen molar-refractivity contribution >= 4 is 16.9 Å². The van der Waals surface area contributed by atoms with Gasteiger partial charge in [-0.05, 0) is 24.6 Å². The van der Waals surface area contributed by atoms with Crippen LogP contribution >= 0.6 is 0 Å². The number of H-pyrrole nitrogens is 1. The van der Waals surface area contributed by atoms with Crippen LogP contribution in [0.25, 0.3) is 11.0 Å². The molecule has 2 aromatic heterocycles. The molecule has 0 aliphatic carbocycles. The minimum atomic E-state index is 0.0162. The van der Waals surface area contributed by atoms with Crippen molar-refractivity contribution in [2.24, 2.45) is 0 Å². The summed E-state index contributed by atoms with van der Waals surface area (Å²) in [7, 11) is 0. The van der Waals surface area contributed by atoms with Crippen LogP contribution in [0, 0.1) is 0 Å². The molecule has 106 valence electrons. The maximum absolute atomic E-state index is 12.5. The lowest BCUT2D eigenvalue weighted by molar-refractivity contribution is 0.0787. The molecule has 8 heteroatoms. The third-order valence-corrected chi connectivity index (χ3v) is 3.83. The van der Waals surface area contributed by atoms with Crippen LogP contribution in [0.1, 0.15) is 22.8 Å². The van der Waals surface area contributed by atoms with Crippen molar-refractivity contribution < 1.29 is 4.79 Å². The summed E-state index contributed by atoms with van der Waals surface area (Å²) in [5.41, 5.74) is 2.09. The van der Waals surface area contributed by atoms with Crippen LogP contribution in [0.2, 0.25) is 0 Å². The largest absolute Gasteiger partial charge is 0.336 e. The summed E-state index contributed by atoms with van der Waals surface area (Å²) in [4.78, 5) is 14.4. The Hall–Kier alpha value is -2.77. The van der Waals surface area contributed by atoms with Gasteiger partial charge in [-0.15, -0.1) is 5.10 Å². The van der Waals surface area contributed by atoms with E-state index >= 15 is 0 Å². The van der Waals surface area contributed by atoms with E-state index in [9.17, 15) is 4.79 Å². The first-order valence-corrected chi connectivity index (χ1v) is 6.77. The molecule has 0 saturated carbocycles. The first-order valence-electron chi connectivity index (χ1n) is 6.77. The monoisotopic (exact) mass is 283 g/mol. The number of carbonyl (C=O) groups is 1. The predicted octanol–water partition coefficient (Wildman–Crippen LogP) is 0.637. The fraction of sp³-hybridized carbons (Fsp3) is 0.308. The number of fused-ring (bicyclic) bond motifs is 1. The van der Waals surface area contributed by atoms with Gasteiger partial charge in [0.1, 0.15) is 11.0 Å². The van der Waals surface area contributed by atoms with Gasteiger partial charge >= 0.3 is 0 Å². The molecule has 3 aromatic rings. The molecule has 1 N–H and O–H groups in total. The Balaban J connectivity index is 1.55. The van der Waals surface area contributed by atoms with E-state index in [4.69, 9.17) is 0 Å². The third-order valence-electron chi connectivity index (χ3n) is 3.83. The number of aromatic nitrogens is 6. The normalized spacial score (nSPS) is 18.5. The summed E-state index contributed by atoms with van der Waals surface area (Å²) in [6, 6.07) is 5.56. The van der Waals surface area contributed by atoms with Crippen LogP contribution in [0.3, 0.4) is 0 Å². The summed E-state index contributed by atoms with van der Waals surface area (Å²) >= 11 is 0. The van der Waals surface area contributed by atoms with E-state index in [1.54, 1.807) is 24.4 Å². The van der Waals surface area contributed by atoms with Gasteiger partial charge in [0.25, 0.3) is 5.91 Å². The Bertz CT molecular complexity index is 779. The number of nitrogens with zero attached hydrogens (tertiary/aromatic N) is 6. The third kappa shape index (κ3) is 2.04. The molecule has 0 bridgehead atoms. The Morgan fingerprint density at radius 2 is 2.19 bits per heavy atom. The van der Waals surface area contributed by atoms with E-state index < -0.39 is 0 Å². The standard InChI is InChI=1S/C13H13N7O/c21-13(9-1-2-11-12(7-9)16-17-15-11)19-5-3-10(8-19)20-6-4-14-18-20/h1-2,4,6-7,10H,3,5,8H2,(H,15,16,17). The van der Waals surface area contributed by atoms with Gasteiger partial charge in [-0.1, -0.05) is 5.21 Å². The van der Waals surface area contributed by atoms with Crippen molar-refractivity contribution in [2.75, 3.05) is 13.1 Å². The molecule has 1 aliphatic heterocycles. The van der Waals surface area contributed by atoms with Gasteiger partial charge in [-0.25, -0.2) is 4.68 Å². The number of hydrogen-bond donors (Lipinski definition) is 1. The fourth-order valence-electron chi connectivity index (χ4n) is 2.71. The molecular weight excluding hydrogens is 270 g/mol. The molecule has 21 heavy (non-hydrogen) atoms. The maximum Gasteiger partial charge on any atom is 0.254 e. The predicted molar refractivity (Wildman–Crippen MR) is 73.5 cm³/mol. The van der Waals surface area contributed by atoms with Crippen LogP contribution in [-0.4, -0.2) is 54.3 Å². The van der Waals surface area contributed by atoms with E-state index in [0.717, 1.165) is 18.5 Å². The van der Waals surface area contributed by atoms with Gasteiger partial charge in [0.15, 0.2) is 0 Å². The summed E-state index contributed by atoms with van der Waals surface area (Å²) < 4.78 is 1.81. The van der Waals surface area contributed by atoms with Gasteiger partial charge in [0, 0.05) is 24.8 Å². The second-order valence-electron chi connectivity index (χ2n) is 5.10. The summed E-state index contributed by atoms with van der Waals surface area (Å²) in [6.45, 7) is 1.37. The number of hydrogen-bond acceptors (Lipinski definition) is 5. The molecule has 1 amide bonds. The zero-order chi connectivity index (χ0) is 14.2. The van der Waals surface area contributed by atoms with Crippen LogP contribution in [-0.2, 0) is 0 Å². The van der Waals surface area contributed by atoms with Crippen LogP contribution < -0.4 is 0 Å². The summed E-state index contributed by atoms with van der Waals surface area (Å²) in [6.07, 6.45) is 4.38. The van der Waals surface area contributed by atoms with E-state index in [1.165, 1.54) is 0 Å². The van der Waals surface area contributed by atoms with Crippen molar-refractivity contribution in [3.8, 4) is 0 Å². The first kappa shape index (κ1) is 12.0. The number of rotatable bonds is 2. The number of nitrogens with one attached hydrogen (secondary N) is 1. The lowest BCUT2D eigenvalue weighted by atomic mass is 10.2.